The molecule has 2 aliphatic heterocycles. The van der Waals surface area contributed by atoms with Crippen LogP contribution in [0.1, 0.15) is 68.6 Å². The van der Waals surface area contributed by atoms with E-state index < -0.39 is 8.32 Å². The summed E-state index contributed by atoms with van der Waals surface area (Å²) in [5, 5.41) is 17.1. The number of rotatable bonds is 6. The van der Waals surface area contributed by atoms with E-state index in [9.17, 15) is 5.26 Å². The molecule has 2 N–H and O–H groups in total. The van der Waals surface area contributed by atoms with Gasteiger partial charge in [0, 0.05) is 53.9 Å². The van der Waals surface area contributed by atoms with E-state index in [0.717, 1.165) is 64.4 Å². The lowest BCUT2D eigenvalue weighted by atomic mass is 9.83. The van der Waals surface area contributed by atoms with Crippen molar-refractivity contribution in [1.29, 1.82) is 5.26 Å². The highest BCUT2D eigenvalue weighted by Crippen LogP contribution is 2.44. The summed E-state index contributed by atoms with van der Waals surface area (Å²) in [6.45, 7) is 16.1. The molecule has 43 heavy (non-hydrogen) atoms. The number of benzene rings is 1. The molecule has 3 aliphatic rings. The van der Waals surface area contributed by atoms with Crippen LogP contribution >= 0.6 is 0 Å². The van der Waals surface area contributed by atoms with Crippen LogP contribution in [0, 0.1) is 29.1 Å². The third-order valence-electron chi connectivity index (χ3n) is 9.22. The van der Waals surface area contributed by atoms with Crippen molar-refractivity contribution in [1.82, 2.24) is 15.0 Å². The highest BCUT2D eigenvalue weighted by atomic mass is 28.4. The number of hydrogen-bond acceptors (Lipinski definition) is 8. The first-order chi connectivity index (χ1) is 20.5. The van der Waals surface area contributed by atoms with Crippen LogP contribution in [-0.4, -0.2) is 43.0 Å². The summed E-state index contributed by atoms with van der Waals surface area (Å²) in [7, 11) is -1.95. The first-order valence-electron chi connectivity index (χ1n) is 15.1. The van der Waals surface area contributed by atoms with Gasteiger partial charge < -0.3 is 19.8 Å². The number of hydrogen-bond donors (Lipinski definition) is 2. The molecule has 6 rings (SSSR count). The lowest BCUT2D eigenvalue weighted by Crippen LogP contribution is -2.45. The summed E-state index contributed by atoms with van der Waals surface area (Å²) in [4.78, 5) is 14.3. The Balaban J connectivity index is 1.32. The SMILES string of the molecule is CC(C)(C)[Si](C)(C)OC[C@@]1(C)CNc2c(C#N)cc(-c3ccnc(Nc4cc5c(nc4C#CC4CC4)CCOC5)n3)cc21. The summed E-state index contributed by atoms with van der Waals surface area (Å²) >= 11 is 0. The number of ether oxygens (including phenoxy) is 1. The molecular formula is C34H40N6O2Si. The van der Waals surface area contributed by atoms with Gasteiger partial charge in [-0.2, -0.15) is 5.26 Å². The van der Waals surface area contributed by atoms with Gasteiger partial charge in [0.25, 0.3) is 0 Å². The summed E-state index contributed by atoms with van der Waals surface area (Å²) in [5.41, 5.74) is 7.51. The largest absolute Gasteiger partial charge is 0.416 e. The van der Waals surface area contributed by atoms with E-state index in [1.165, 1.54) is 0 Å². The lowest BCUT2D eigenvalue weighted by molar-refractivity contribution is 0.109. The molecule has 3 aromatic rings. The number of nitrogens with zero attached hydrogens (tertiary/aromatic N) is 4. The Morgan fingerprint density at radius 3 is 2.77 bits per heavy atom. The average molecular weight is 593 g/mol. The van der Waals surface area contributed by atoms with Gasteiger partial charge >= 0.3 is 0 Å². The standard InChI is InChI=1S/C34H40N6O2Si/c1-33(2,3)43(5,6)42-21-34(4)20-37-31-24(18-35)15-23(16-26(31)34)27-11-13-36-32(39-27)40-30-17-25-19-41-14-12-28(25)38-29(30)10-9-22-7-8-22/h11,13,15-17,22,37H,7-8,12,14,19-21H2,1-6H3,(H,36,39,40)/t34-/m1/s1. The van der Waals surface area contributed by atoms with Crippen molar-refractivity contribution in [3.63, 3.8) is 0 Å². The smallest absolute Gasteiger partial charge is 0.227 e. The summed E-state index contributed by atoms with van der Waals surface area (Å²) in [5.74, 6) is 7.57. The Bertz CT molecular complexity index is 1680. The van der Waals surface area contributed by atoms with E-state index in [1.54, 1.807) is 6.20 Å². The molecule has 1 aromatic carbocycles. The number of nitriles is 1. The van der Waals surface area contributed by atoms with Crippen LogP contribution in [0.4, 0.5) is 17.3 Å². The summed E-state index contributed by atoms with van der Waals surface area (Å²) < 4.78 is 12.4. The Hall–Kier alpha value is -3.76. The fourth-order valence-electron chi connectivity index (χ4n) is 5.18. The first-order valence-corrected chi connectivity index (χ1v) is 18.1. The Morgan fingerprint density at radius 1 is 1.21 bits per heavy atom. The van der Waals surface area contributed by atoms with E-state index in [0.29, 0.717) is 43.8 Å². The molecule has 0 spiro atoms. The quantitative estimate of drug-likeness (QED) is 0.241. The predicted molar refractivity (Wildman–Crippen MR) is 172 cm³/mol. The summed E-state index contributed by atoms with van der Waals surface area (Å²) in [6.07, 6.45) is 4.84. The van der Waals surface area contributed by atoms with Gasteiger partial charge in [0.2, 0.25) is 5.95 Å². The van der Waals surface area contributed by atoms with Crippen LogP contribution < -0.4 is 10.6 Å². The summed E-state index contributed by atoms with van der Waals surface area (Å²) in [6, 6.07) is 10.4. The van der Waals surface area contributed by atoms with Crippen molar-refractivity contribution in [3.8, 4) is 29.2 Å². The Kier molecular flexibility index (Phi) is 7.54. The van der Waals surface area contributed by atoms with Crippen LogP contribution in [-0.2, 0) is 27.6 Å². The molecule has 2 aromatic heterocycles. The maximum absolute atomic E-state index is 10.1. The molecule has 0 amide bonds. The van der Waals surface area contributed by atoms with Gasteiger partial charge in [0.1, 0.15) is 11.8 Å². The van der Waals surface area contributed by atoms with E-state index in [4.69, 9.17) is 19.1 Å². The molecule has 1 atom stereocenters. The maximum atomic E-state index is 10.1. The highest BCUT2D eigenvalue weighted by Gasteiger charge is 2.42. The Labute approximate surface area is 255 Å². The predicted octanol–water partition coefficient (Wildman–Crippen LogP) is 6.69. The highest BCUT2D eigenvalue weighted by molar-refractivity contribution is 6.74. The van der Waals surface area contributed by atoms with Gasteiger partial charge in [-0.25, -0.2) is 15.0 Å². The maximum Gasteiger partial charge on any atom is 0.227 e. The van der Waals surface area contributed by atoms with Gasteiger partial charge in [-0.1, -0.05) is 33.6 Å². The van der Waals surface area contributed by atoms with Gasteiger partial charge in [-0.15, -0.1) is 0 Å². The van der Waals surface area contributed by atoms with Crippen molar-refractivity contribution in [2.45, 2.75) is 77.1 Å². The zero-order valence-corrected chi connectivity index (χ0v) is 27.0. The minimum atomic E-state index is -1.95. The van der Waals surface area contributed by atoms with Gasteiger partial charge in [-0.3, -0.25) is 0 Å². The third kappa shape index (κ3) is 6.03. The second kappa shape index (κ2) is 11.1. The molecule has 222 valence electrons. The number of fused-ring (bicyclic) bond motifs is 2. The van der Waals surface area contributed by atoms with Crippen molar-refractivity contribution in [2.24, 2.45) is 5.92 Å². The fourth-order valence-corrected chi connectivity index (χ4v) is 6.29. The molecule has 4 heterocycles. The van der Waals surface area contributed by atoms with E-state index in [2.05, 4.69) is 86.4 Å². The van der Waals surface area contributed by atoms with Crippen LogP contribution in [0.15, 0.2) is 30.5 Å². The van der Waals surface area contributed by atoms with Crippen LogP contribution in [0.5, 0.6) is 0 Å². The number of nitrogens with one attached hydrogen (secondary N) is 2. The molecule has 1 fully saturated rings. The van der Waals surface area contributed by atoms with E-state index in [1.807, 2.05) is 12.1 Å². The van der Waals surface area contributed by atoms with Crippen molar-refractivity contribution < 1.29 is 9.16 Å². The number of aromatic nitrogens is 3. The average Bonchev–Trinajstić information content (AvgIpc) is 3.76. The Morgan fingerprint density at radius 2 is 2.02 bits per heavy atom. The zero-order chi connectivity index (χ0) is 30.4. The van der Waals surface area contributed by atoms with Gasteiger partial charge in [-0.05, 0) is 66.7 Å². The monoisotopic (exact) mass is 592 g/mol. The molecule has 8 nitrogen and oxygen atoms in total. The topological polar surface area (TPSA) is 105 Å². The van der Waals surface area contributed by atoms with Crippen molar-refractivity contribution in [3.05, 3.63) is 58.5 Å². The second-order valence-corrected chi connectivity index (χ2v) is 18.6. The van der Waals surface area contributed by atoms with Crippen LogP contribution in [0.3, 0.4) is 0 Å². The molecule has 0 radical (unpaired) electrons. The van der Waals surface area contributed by atoms with Crippen molar-refractivity contribution in [2.75, 3.05) is 30.4 Å². The molecule has 0 bridgehead atoms. The minimum absolute atomic E-state index is 0.117. The van der Waals surface area contributed by atoms with E-state index in [-0.39, 0.29) is 10.5 Å². The molecule has 0 saturated heterocycles. The normalized spacial score (nSPS) is 19.4. The van der Waals surface area contributed by atoms with Crippen LogP contribution in [0.25, 0.3) is 11.3 Å². The van der Waals surface area contributed by atoms with Gasteiger partial charge in [0.05, 0.1) is 35.8 Å². The molecule has 1 saturated carbocycles. The number of pyridine rings is 1. The van der Waals surface area contributed by atoms with Crippen molar-refractivity contribution >= 4 is 25.6 Å². The van der Waals surface area contributed by atoms with E-state index >= 15 is 0 Å². The second-order valence-electron chi connectivity index (χ2n) is 13.7. The van der Waals surface area contributed by atoms with Gasteiger partial charge in [0.15, 0.2) is 8.32 Å². The third-order valence-corrected chi connectivity index (χ3v) is 13.7. The zero-order valence-electron chi connectivity index (χ0n) is 26.0. The molecule has 1 aliphatic carbocycles. The minimum Gasteiger partial charge on any atom is -0.416 e. The molecule has 9 heteroatoms. The fraction of sp³-hybridized carbons (Fsp3) is 0.471. The first kappa shape index (κ1) is 29.3. The number of anilines is 3. The molecular weight excluding hydrogens is 553 g/mol. The van der Waals surface area contributed by atoms with Crippen LogP contribution in [0.2, 0.25) is 18.1 Å². The lowest BCUT2D eigenvalue weighted by Gasteiger charge is -2.39. The molecule has 0 unspecified atom stereocenters.